The number of nitrogens with zero attached hydrogens (tertiary/aromatic N) is 1. The van der Waals surface area contributed by atoms with Gasteiger partial charge in [-0.2, -0.15) is 0 Å². The molecule has 1 aliphatic rings. The minimum Gasteiger partial charge on any atom is -0.379 e. The average molecular weight is 221 g/mol. The van der Waals surface area contributed by atoms with Crippen LogP contribution in [-0.2, 0) is 9.53 Å². The number of morpholine rings is 1. The quantitative estimate of drug-likeness (QED) is 0.682. The summed E-state index contributed by atoms with van der Waals surface area (Å²) in [4.78, 5) is 13.4. The Morgan fingerprint density at radius 3 is 2.79 bits per heavy atom. The fourth-order valence-electron chi connectivity index (χ4n) is 1.30. The molecule has 1 saturated heterocycles. The van der Waals surface area contributed by atoms with E-state index >= 15 is 0 Å². The number of carbonyl (C=O) groups is 1. The van der Waals surface area contributed by atoms with E-state index in [1.165, 1.54) is 0 Å². The molecule has 0 aliphatic carbocycles. The fourth-order valence-corrected chi connectivity index (χ4v) is 1.38. The number of hydrogen-bond donors (Lipinski definition) is 1. The lowest BCUT2D eigenvalue weighted by Gasteiger charge is -2.26. The van der Waals surface area contributed by atoms with E-state index in [1.807, 2.05) is 0 Å². The minimum absolute atomic E-state index is 0.0973. The number of ether oxygens (including phenoxy) is 1. The molecule has 5 heteroatoms. The average Bonchev–Trinajstić information content (AvgIpc) is 2.19. The van der Waals surface area contributed by atoms with E-state index < -0.39 is 5.38 Å². The molecule has 82 valence electrons. The van der Waals surface area contributed by atoms with Gasteiger partial charge in [-0.3, -0.25) is 9.69 Å². The molecule has 0 saturated carbocycles. The molecule has 1 fully saturated rings. The zero-order chi connectivity index (χ0) is 10.4. The normalized spacial score (nSPS) is 20.4. The highest BCUT2D eigenvalue weighted by Crippen LogP contribution is 1.95. The van der Waals surface area contributed by atoms with Crippen molar-refractivity contribution in [2.75, 3.05) is 39.4 Å². The van der Waals surface area contributed by atoms with Crippen molar-refractivity contribution in [2.45, 2.75) is 12.3 Å². The van der Waals surface area contributed by atoms with E-state index in [0.29, 0.717) is 6.54 Å². The van der Waals surface area contributed by atoms with E-state index in [0.717, 1.165) is 32.8 Å². The number of carbonyl (C=O) groups excluding carboxylic acids is 1. The van der Waals surface area contributed by atoms with Gasteiger partial charge < -0.3 is 10.1 Å². The van der Waals surface area contributed by atoms with E-state index in [1.54, 1.807) is 6.92 Å². The van der Waals surface area contributed by atoms with Gasteiger partial charge in [-0.1, -0.05) is 0 Å². The molecule has 0 aromatic carbocycles. The van der Waals surface area contributed by atoms with Crippen LogP contribution in [0.5, 0.6) is 0 Å². The van der Waals surface area contributed by atoms with Gasteiger partial charge >= 0.3 is 0 Å². The number of alkyl halides is 1. The third-order valence-electron chi connectivity index (χ3n) is 2.19. The summed E-state index contributed by atoms with van der Waals surface area (Å²) in [5.74, 6) is -0.0973. The molecule has 0 radical (unpaired) electrons. The molecule has 4 nitrogen and oxygen atoms in total. The Labute approximate surface area is 89.5 Å². The van der Waals surface area contributed by atoms with Crippen LogP contribution >= 0.6 is 11.6 Å². The maximum absolute atomic E-state index is 11.1. The number of halogens is 1. The summed E-state index contributed by atoms with van der Waals surface area (Å²) in [6.45, 7) is 6.69. The predicted molar refractivity (Wildman–Crippen MR) is 55.6 cm³/mol. The van der Waals surface area contributed by atoms with Crippen molar-refractivity contribution < 1.29 is 9.53 Å². The summed E-state index contributed by atoms with van der Waals surface area (Å²) >= 11 is 5.60. The van der Waals surface area contributed by atoms with Crippen LogP contribution in [0.25, 0.3) is 0 Å². The molecule has 1 aliphatic heterocycles. The highest BCUT2D eigenvalue weighted by Gasteiger charge is 2.11. The molecule has 0 aromatic heterocycles. The summed E-state index contributed by atoms with van der Waals surface area (Å²) in [5.41, 5.74) is 0. The van der Waals surface area contributed by atoms with E-state index in [4.69, 9.17) is 16.3 Å². The van der Waals surface area contributed by atoms with Crippen molar-refractivity contribution >= 4 is 17.5 Å². The molecule has 1 rings (SSSR count). The SMILES string of the molecule is CC(Cl)C(=O)NCCN1CCOCC1. The van der Waals surface area contributed by atoms with Crippen molar-refractivity contribution in [1.82, 2.24) is 10.2 Å². The summed E-state index contributed by atoms with van der Waals surface area (Å²) < 4.78 is 5.22. The fraction of sp³-hybridized carbons (Fsp3) is 0.889. The van der Waals surface area contributed by atoms with Gasteiger partial charge in [-0.05, 0) is 6.92 Å². The van der Waals surface area contributed by atoms with Gasteiger partial charge in [0.1, 0.15) is 5.38 Å². The largest absolute Gasteiger partial charge is 0.379 e. The maximum atomic E-state index is 11.1. The van der Waals surface area contributed by atoms with Crippen molar-refractivity contribution in [3.05, 3.63) is 0 Å². The smallest absolute Gasteiger partial charge is 0.237 e. The maximum Gasteiger partial charge on any atom is 0.237 e. The lowest BCUT2D eigenvalue weighted by Crippen LogP contribution is -2.42. The summed E-state index contributed by atoms with van der Waals surface area (Å²) in [6.07, 6.45) is 0. The number of hydrogen-bond acceptors (Lipinski definition) is 3. The predicted octanol–water partition coefficient (Wildman–Crippen LogP) is 0.0621. The lowest BCUT2D eigenvalue weighted by molar-refractivity contribution is -0.120. The zero-order valence-corrected chi connectivity index (χ0v) is 9.22. The van der Waals surface area contributed by atoms with Gasteiger partial charge in [0.15, 0.2) is 0 Å². The standard InChI is InChI=1S/C9H17ClN2O2/c1-8(10)9(13)11-2-3-12-4-6-14-7-5-12/h8H,2-7H2,1H3,(H,11,13). The molecular formula is C9H17ClN2O2. The molecule has 0 aromatic rings. The third kappa shape index (κ3) is 4.26. The van der Waals surface area contributed by atoms with Crippen molar-refractivity contribution in [3.8, 4) is 0 Å². The molecule has 1 heterocycles. The zero-order valence-electron chi connectivity index (χ0n) is 8.46. The van der Waals surface area contributed by atoms with Crippen LogP contribution in [-0.4, -0.2) is 55.6 Å². The monoisotopic (exact) mass is 220 g/mol. The molecular weight excluding hydrogens is 204 g/mol. The first kappa shape index (κ1) is 11.8. The van der Waals surface area contributed by atoms with Crippen molar-refractivity contribution in [2.24, 2.45) is 0 Å². The first-order valence-corrected chi connectivity index (χ1v) is 5.35. The second-order valence-electron chi connectivity index (χ2n) is 3.36. The van der Waals surface area contributed by atoms with Crippen LogP contribution < -0.4 is 5.32 Å². The Morgan fingerprint density at radius 1 is 1.57 bits per heavy atom. The van der Waals surface area contributed by atoms with Gasteiger partial charge in [0, 0.05) is 26.2 Å². The van der Waals surface area contributed by atoms with Gasteiger partial charge in [0.25, 0.3) is 0 Å². The highest BCUT2D eigenvalue weighted by atomic mass is 35.5. The van der Waals surface area contributed by atoms with Crippen molar-refractivity contribution in [1.29, 1.82) is 0 Å². The number of rotatable bonds is 4. The Balaban J connectivity index is 2.05. The first-order chi connectivity index (χ1) is 6.70. The van der Waals surface area contributed by atoms with Gasteiger partial charge in [0.05, 0.1) is 13.2 Å². The van der Waals surface area contributed by atoms with E-state index in [2.05, 4.69) is 10.2 Å². The van der Waals surface area contributed by atoms with Crippen LogP contribution in [0.3, 0.4) is 0 Å². The second kappa shape index (κ2) is 6.22. The van der Waals surface area contributed by atoms with Gasteiger partial charge in [0.2, 0.25) is 5.91 Å². The third-order valence-corrected chi connectivity index (χ3v) is 2.39. The Hall–Kier alpha value is -0.320. The minimum atomic E-state index is -0.445. The van der Waals surface area contributed by atoms with Crippen LogP contribution in [0.4, 0.5) is 0 Å². The summed E-state index contributed by atoms with van der Waals surface area (Å²) in [5, 5.41) is 2.33. The number of amides is 1. The lowest BCUT2D eigenvalue weighted by atomic mass is 10.4. The number of nitrogens with one attached hydrogen (secondary N) is 1. The molecule has 0 spiro atoms. The van der Waals surface area contributed by atoms with Gasteiger partial charge in [-0.15, -0.1) is 11.6 Å². The molecule has 1 N–H and O–H groups in total. The van der Waals surface area contributed by atoms with E-state index in [9.17, 15) is 4.79 Å². The van der Waals surface area contributed by atoms with Crippen LogP contribution in [0.1, 0.15) is 6.92 Å². The molecule has 14 heavy (non-hydrogen) atoms. The van der Waals surface area contributed by atoms with Crippen LogP contribution in [0, 0.1) is 0 Å². The van der Waals surface area contributed by atoms with Crippen LogP contribution in [0.2, 0.25) is 0 Å². The second-order valence-corrected chi connectivity index (χ2v) is 4.02. The summed E-state index contributed by atoms with van der Waals surface area (Å²) in [6, 6.07) is 0. The topological polar surface area (TPSA) is 41.6 Å². The Bertz CT molecular complexity index is 182. The first-order valence-electron chi connectivity index (χ1n) is 4.92. The molecule has 1 unspecified atom stereocenters. The Kier molecular flexibility index (Phi) is 5.22. The molecule has 1 amide bonds. The highest BCUT2D eigenvalue weighted by molar-refractivity contribution is 6.30. The van der Waals surface area contributed by atoms with Crippen LogP contribution in [0.15, 0.2) is 0 Å². The van der Waals surface area contributed by atoms with E-state index in [-0.39, 0.29) is 5.91 Å². The molecule has 1 atom stereocenters. The molecule has 0 bridgehead atoms. The Morgan fingerprint density at radius 2 is 2.21 bits per heavy atom. The van der Waals surface area contributed by atoms with Crippen molar-refractivity contribution in [3.63, 3.8) is 0 Å². The summed E-state index contributed by atoms with van der Waals surface area (Å²) in [7, 11) is 0. The van der Waals surface area contributed by atoms with Gasteiger partial charge in [-0.25, -0.2) is 0 Å².